The van der Waals surface area contributed by atoms with Gasteiger partial charge in [0.25, 0.3) is 0 Å². The first-order valence-electron chi connectivity index (χ1n) is 6.62. The molecular formula is C14H17Cl2F4N3. The molecule has 3 nitrogen and oxygen atoms in total. The van der Waals surface area contributed by atoms with Gasteiger partial charge in [-0.05, 0) is 18.2 Å². The highest BCUT2D eigenvalue weighted by Gasteiger charge is 2.33. The summed E-state index contributed by atoms with van der Waals surface area (Å²) in [5.74, 6) is -0.707. The van der Waals surface area contributed by atoms with Crippen LogP contribution in [0.4, 0.5) is 17.6 Å². The molecule has 9 heteroatoms. The summed E-state index contributed by atoms with van der Waals surface area (Å²) >= 11 is 0. The van der Waals surface area contributed by atoms with Crippen molar-refractivity contribution in [1.82, 2.24) is 10.2 Å². The van der Waals surface area contributed by atoms with Crippen molar-refractivity contribution in [2.75, 3.05) is 26.2 Å². The van der Waals surface area contributed by atoms with Crippen molar-refractivity contribution < 1.29 is 17.6 Å². The van der Waals surface area contributed by atoms with Gasteiger partial charge in [0.1, 0.15) is 5.82 Å². The Bertz CT molecular complexity index is 540. The molecule has 1 atom stereocenters. The van der Waals surface area contributed by atoms with Crippen molar-refractivity contribution in [2.24, 2.45) is 0 Å². The van der Waals surface area contributed by atoms with Crippen molar-refractivity contribution in [3.63, 3.8) is 0 Å². The van der Waals surface area contributed by atoms with Crippen LogP contribution < -0.4 is 5.32 Å². The number of hydrogen-bond acceptors (Lipinski definition) is 3. The van der Waals surface area contributed by atoms with E-state index in [0.29, 0.717) is 26.2 Å². The lowest BCUT2D eigenvalue weighted by Crippen LogP contribution is -2.45. The van der Waals surface area contributed by atoms with E-state index in [1.807, 2.05) is 11.0 Å². The fourth-order valence-corrected chi connectivity index (χ4v) is 2.49. The topological polar surface area (TPSA) is 39.1 Å². The Morgan fingerprint density at radius 3 is 2.35 bits per heavy atom. The zero-order valence-corrected chi connectivity index (χ0v) is 13.7. The first-order valence-corrected chi connectivity index (χ1v) is 6.62. The summed E-state index contributed by atoms with van der Waals surface area (Å²) in [4.78, 5) is 1.85. The Kier molecular flexibility index (Phi) is 8.85. The van der Waals surface area contributed by atoms with Gasteiger partial charge >= 0.3 is 6.18 Å². The average Bonchev–Trinajstić information content (AvgIpc) is 2.45. The van der Waals surface area contributed by atoms with Crippen LogP contribution in [0, 0.1) is 17.1 Å². The molecule has 1 aromatic rings. The van der Waals surface area contributed by atoms with E-state index < -0.39 is 23.6 Å². The second-order valence-corrected chi connectivity index (χ2v) is 4.90. The number of hydrogen-bond donors (Lipinski definition) is 1. The van der Waals surface area contributed by atoms with Gasteiger partial charge in [0.15, 0.2) is 0 Å². The summed E-state index contributed by atoms with van der Waals surface area (Å²) in [6.07, 6.45) is -4.57. The second-order valence-electron chi connectivity index (χ2n) is 4.90. The minimum absolute atomic E-state index is 0. The van der Waals surface area contributed by atoms with Gasteiger partial charge in [-0.25, -0.2) is 4.39 Å². The van der Waals surface area contributed by atoms with Crippen LogP contribution in [0.1, 0.15) is 23.6 Å². The molecule has 0 bridgehead atoms. The fraction of sp³-hybridized carbons (Fsp3) is 0.500. The fourth-order valence-electron chi connectivity index (χ4n) is 2.49. The number of rotatable bonds is 3. The Labute approximate surface area is 144 Å². The summed E-state index contributed by atoms with van der Waals surface area (Å²) in [5.41, 5.74) is -0.953. The van der Waals surface area contributed by atoms with Crippen LogP contribution in [0.25, 0.3) is 0 Å². The molecule has 0 spiro atoms. The van der Waals surface area contributed by atoms with E-state index in [0.717, 1.165) is 18.2 Å². The maximum atomic E-state index is 14.0. The monoisotopic (exact) mass is 373 g/mol. The normalized spacial score (nSPS) is 16.7. The zero-order valence-electron chi connectivity index (χ0n) is 12.1. The molecule has 1 aromatic carbocycles. The van der Waals surface area contributed by atoms with Crippen LogP contribution in [0.2, 0.25) is 0 Å². The lowest BCUT2D eigenvalue weighted by molar-refractivity contribution is -0.137. The highest BCUT2D eigenvalue weighted by atomic mass is 35.5. The van der Waals surface area contributed by atoms with E-state index in [1.54, 1.807) is 0 Å². The average molecular weight is 374 g/mol. The molecule has 1 aliphatic heterocycles. The van der Waals surface area contributed by atoms with Crippen molar-refractivity contribution in [3.05, 3.63) is 35.1 Å². The minimum atomic E-state index is -4.52. The van der Waals surface area contributed by atoms with Crippen LogP contribution >= 0.6 is 24.8 Å². The Morgan fingerprint density at radius 1 is 1.22 bits per heavy atom. The Hall–Kier alpha value is -1.07. The Balaban J connectivity index is 0.00000242. The quantitative estimate of drug-likeness (QED) is 0.823. The van der Waals surface area contributed by atoms with E-state index >= 15 is 0 Å². The smallest absolute Gasteiger partial charge is 0.314 e. The Morgan fingerprint density at radius 2 is 1.83 bits per heavy atom. The van der Waals surface area contributed by atoms with Gasteiger partial charge in [-0.15, -0.1) is 24.8 Å². The van der Waals surface area contributed by atoms with Crippen molar-refractivity contribution in [2.45, 2.75) is 18.6 Å². The third-order valence-corrected chi connectivity index (χ3v) is 3.56. The summed E-state index contributed by atoms with van der Waals surface area (Å²) in [7, 11) is 0. The molecule has 1 saturated heterocycles. The molecule has 0 aliphatic carbocycles. The molecule has 1 N–H and O–H groups in total. The number of nitrogens with one attached hydrogen (secondary N) is 1. The first-order chi connectivity index (χ1) is 9.93. The molecule has 130 valence electrons. The van der Waals surface area contributed by atoms with Gasteiger partial charge in [0.2, 0.25) is 0 Å². The number of piperazine rings is 1. The van der Waals surface area contributed by atoms with Crippen LogP contribution in [0.15, 0.2) is 18.2 Å². The molecule has 1 heterocycles. The number of nitrogens with zero attached hydrogens (tertiary/aromatic N) is 2. The lowest BCUT2D eigenvalue weighted by atomic mass is 9.98. The van der Waals surface area contributed by atoms with Crippen molar-refractivity contribution >= 4 is 24.8 Å². The summed E-state index contributed by atoms with van der Waals surface area (Å²) in [5, 5.41) is 12.0. The van der Waals surface area contributed by atoms with E-state index in [4.69, 9.17) is 5.26 Å². The molecular weight excluding hydrogens is 357 g/mol. The lowest BCUT2D eigenvalue weighted by Gasteiger charge is -2.34. The standard InChI is InChI=1S/C14H15F4N3.2ClH/c15-12-2-1-10(14(16,17)18)9-11(12)13(3-4-19)21-7-5-20-6-8-21;;/h1-2,9,13,20H,3,5-8H2;2*1H/t13-;;/m1../s1. The van der Waals surface area contributed by atoms with Gasteiger partial charge in [-0.1, -0.05) is 0 Å². The maximum absolute atomic E-state index is 14.0. The number of benzene rings is 1. The molecule has 2 rings (SSSR count). The van der Waals surface area contributed by atoms with Crippen molar-refractivity contribution in [1.29, 1.82) is 5.26 Å². The van der Waals surface area contributed by atoms with Gasteiger partial charge in [0.05, 0.1) is 24.1 Å². The largest absolute Gasteiger partial charge is 0.416 e. The third kappa shape index (κ3) is 5.50. The van der Waals surface area contributed by atoms with Crippen LogP contribution in [0.5, 0.6) is 0 Å². The predicted octanol–water partition coefficient (Wildman–Crippen LogP) is 3.55. The molecule has 0 unspecified atom stereocenters. The molecule has 0 radical (unpaired) electrons. The zero-order chi connectivity index (χ0) is 15.5. The number of halogens is 6. The molecule has 1 fully saturated rings. The van der Waals surface area contributed by atoms with Crippen LogP contribution in [0.3, 0.4) is 0 Å². The van der Waals surface area contributed by atoms with Gasteiger partial charge in [-0.3, -0.25) is 4.90 Å². The third-order valence-electron chi connectivity index (χ3n) is 3.56. The highest BCUT2D eigenvalue weighted by Crippen LogP contribution is 2.34. The summed E-state index contributed by atoms with van der Waals surface area (Å²) in [6.45, 7) is 2.48. The van der Waals surface area contributed by atoms with Gasteiger partial charge in [-0.2, -0.15) is 18.4 Å². The van der Waals surface area contributed by atoms with Gasteiger partial charge in [0, 0.05) is 31.7 Å². The maximum Gasteiger partial charge on any atom is 0.416 e. The number of nitriles is 1. The molecule has 0 aromatic heterocycles. The van der Waals surface area contributed by atoms with E-state index in [9.17, 15) is 17.6 Å². The predicted molar refractivity (Wildman–Crippen MR) is 83.3 cm³/mol. The van der Waals surface area contributed by atoms with Crippen LogP contribution in [-0.2, 0) is 6.18 Å². The highest BCUT2D eigenvalue weighted by molar-refractivity contribution is 5.85. The second kappa shape index (κ2) is 9.28. The number of alkyl halides is 3. The first kappa shape index (κ1) is 21.9. The van der Waals surface area contributed by atoms with E-state index in [1.165, 1.54) is 0 Å². The van der Waals surface area contributed by atoms with E-state index in [2.05, 4.69) is 5.32 Å². The molecule has 0 amide bonds. The van der Waals surface area contributed by atoms with Crippen molar-refractivity contribution in [3.8, 4) is 6.07 Å². The molecule has 1 aliphatic rings. The summed E-state index contributed by atoms with van der Waals surface area (Å²) in [6, 6.07) is 3.65. The van der Waals surface area contributed by atoms with E-state index in [-0.39, 0.29) is 36.8 Å². The SMILES string of the molecule is Cl.Cl.N#CC[C@H](c1cc(C(F)(F)F)ccc1F)N1CCNCC1. The molecule has 0 saturated carbocycles. The summed E-state index contributed by atoms with van der Waals surface area (Å²) < 4.78 is 52.3. The minimum Gasteiger partial charge on any atom is -0.314 e. The molecule has 23 heavy (non-hydrogen) atoms. The van der Waals surface area contributed by atoms with Crippen LogP contribution in [-0.4, -0.2) is 31.1 Å². The van der Waals surface area contributed by atoms with Gasteiger partial charge < -0.3 is 5.32 Å².